The minimum atomic E-state index is -1.16. The van der Waals surface area contributed by atoms with Crippen LogP contribution in [0.3, 0.4) is 0 Å². The maximum Gasteiger partial charge on any atom is 0.492 e. The van der Waals surface area contributed by atoms with E-state index in [0.29, 0.717) is 11.2 Å². The average Bonchev–Trinajstić information content (AvgIpc) is 2.91. The minimum Gasteiger partial charge on any atom is -0.466 e. The quantitative estimate of drug-likeness (QED) is 0.498. The number of rotatable bonds is 5. The summed E-state index contributed by atoms with van der Waals surface area (Å²) in [5.74, 6) is 0.341. The fraction of sp³-hybridized carbons (Fsp3) is 0.294. The van der Waals surface area contributed by atoms with Gasteiger partial charge in [-0.1, -0.05) is 11.6 Å². The lowest BCUT2D eigenvalue weighted by Gasteiger charge is -2.14. The highest BCUT2D eigenvalue weighted by Crippen LogP contribution is 2.33. The predicted molar refractivity (Wildman–Crippen MR) is 92.2 cm³/mol. The highest BCUT2D eigenvalue weighted by Gasteiger charge is 2.38. The third kappa shape index (κ3) is 3.66. The van der Waals surface area contributed by atoms with Gasteiger partial charge in [0.15, 0.2) is 0 Å². The molecule has 1 atom stereocenters. The van der Waals surface area contributed by atoms with Gasteiger partial charge in [-0.05, 0) is 42.6 Å². The van der Waals surface area contributed by atoms with Crippen LogP contribution in [0.25, 0.3) is 4.85 Å². The van der Waals surface area contributed by atoms with Gasteiger partial charge in [-0.2, -0.15) is 0 Å². The van der Waals surface area contributed by atoms with Crippen molar-refractivity contribution < 1.29 is 23.9 Å². The van der Waals surface area contributed by atoms with Crippen molar-refractivity contribution in [2.75, 3.05) is 6.61 Å². The average molecular weight is 353 g/mol. The van der Waals surface area contributed by atoms with Crippen LogP contribution in [-0.4, -0.2) is 34.7 Å². The largest absolute Gasteiger partial charge is 0.492 e. The van der Waals surface area contributed by atoms with Gasteiger partial charge < -0.3 is 24.0 Å². The van der Waals surface area contributed by atoms with Crippen molar-refractivity contribution in [1.29, 1.82) is 0 Å². The van der Waals surface area contributed by atoms with E-state index in [0.717, 1.165) is 11.1 Å². The van der Waals surface area contributed by atoms with Crippen molar-refractivity contribution in [2.45, 2.75) is 26.4 Å². The molecule has 26 heavy (non-hydrogen) atoms. The first-order valence-electron chi connectivity index (χ1n) is 8.02. The number of carbonyl (C=O) groups is 1. The van der Waals surface area contributed by atoms with Crippen LogP contribution in [0.1, 0.15) is 30.6 Å². The van der Waals surface area contributed by atoms with E-state index >= 15 is 0 Å². The number of hydrogen-bond acceptors (Lipinski definition) is 7. The van der Waals surface area contributed by atoms with Crippen molar-refractivity contribution in [3.63, 3.8) is 0 Å². The Bertz CT molecular complexity index is 883. The molecule has 8 nitrogen and oxygen atoms in total. The van der Waals surface area contributed by atoms with E-state index in [-0.39, 0.29) is 30.7 Å². The number of aryl methyl sites for hydroxylation is 1. The number of nitrogens with zero attached hydrogens (tertiary/aromatic N) is 3. The summed E-state index contributed by atoms with van der Waals surface area (Å²) >= 11 is 0. The highest BCUT2D eigenvalue weighted by atomic mass is 16.5. The summed E-state index contributed by atoms with van der Waals surface area (Å²) in [6.07, 6.45) is 2.19. The SMILES string of the molecule is [C-]#[N+]c1cncc(Oc2cc(C)c3c(c2)B(O)OC3CC(=O)OCC)n1. The molecule has 3 rings (SSSR count). The normalized spacial score (nSPS) is 15.3. The zero-order valence-corrected chi connectivity index (χ0v) is 14.3. The van der Waals surface area contributed by atoms with Gasteiger partial charge in [0.2, 0.25) is 0 Å². The lowest BCUT2D eigenvalue weighted by Crippen LogP contribution is -2.28. The zero-order valence-electron chi connectivity index (χ0n) is 14.3. The van der Waals surface area contributed by atoms with E-state index in [4.69, 9.17) is 20.7 Å². The van der Waals surface area contributed by atoms with Gasteiger partial charge >= 0.3 is 19.0 Å². The second-order valence-corrected chi connectivity index (χ2v) is 5.66. The molecule has 2 aromatic rings. The van der Waals surface area contributed by atoms with Crippen LogP contribution in [-0.2, 0) is 14.2 Å². The summed E-state index contributed by atoms with van der Waals surface area (Å²) in [5.41, 5.74) is 2.08. The fourth-order valence-corrected chi connectivity index (χ4v) is 2.88. The standard InChI is InChI=1S/C17H16BN3O5/c1-4-24-16(22)7-13-17-10(2)5-11(6-12(17)18(23)26-13)25-15-9-20-8-14(19-3)21-15/h5-6,8-9,13,23H,4,7H2,1-2H3. The van der Waals surface area contributed by atoms with Crippen LogP contribution in [0.5, 0.6) is 11.6 Å². The minimum absolute atomic E-state index is 0.0253. The summed E-state index contributed by atoms with van der Waals surface area (Å²) < 4.78 is 16.1. The van der Waals surface area contributed by atoms with E-state index in [1.807, 2.05) is 6.92 Å². The van der Waals surface area contributed by atoms with Crippen LogP contribution in [0, 0.1) is 13.5 Å². The van der Waals surface area contributed by atoms with Gasteiger partial charge in [0.05, 0.1) is 25.3 Å². The fourth-order valence-electron chi connectivity index (χ4n) is 2.88. The van der Waals surface area contributed by atoms with Crippen LogP contribution in [0.4, 0.5) is 5.82 Å². The van der Waals surface area contributed by atoms with Gasteiger partial charge in [-0.25, -0.2) is 0 Å². The van der Waals surface area contributed by atoms with Gasteiger partial charge in [0, 0.05) is 0 Å². The Morgan fingerprint density at radius 3 is 3.00 bits per heavy atom. The summed E-state index contributed by atoms with van der Waals surface area (Å²) in [5, 5.41) is 10.2. The monoisotopic (exact) mass is 353 g/mol. The number of hydrogen-bond donors (Lipinski definition) is 1. The van der Waals surface area contributed by atoms with E-state index in [9.17, 15) is 9.82 Å². The number of carbonyl (C=O) groups excluding carboxylic acids is 1. The van der Waals surface area contributed by atoms with Crippen molar-refractivity contribution in [1.82, 2.24) is 9.97 Å². The second-order valence-electron chi connectivity index (χ2n) is 5.66. The van der Waals surface area contributed by atoms with E-state index in [2.05, 4.69) is 14.8 Å². The number of esters is 1. The summed E-state index contributed by atoms with van der Waals surface area (Å²) in [6, 6.07) is 3.38. The molecule has 0 saturated carbocycles. The number of aromatic nitrogens is 2. The maximum absolute atomic E-state index is 11.7. The Morgan fingerprint density at radius 2 is 2.27 bits per heavy atom. The van der Waals surface area contributed by atoms with E-state index in [1.54, 1.807) is 19.1 Å². The Hall–Kier alpha value is -2.96. The van der Waals surface area contributed by atoms with Crippen LogP contribution >= 0.6 is 0 Å². The molecule has 1 aliphatic rings. The number of ether oxygens (including phenoxy) is 2. The van der Waals surface area contributed by atoms with Crippen molar-refractivity contribution in [3.05, 3.63) is 47.1 Å². The molecule has 1 N–H and O–H groups in total. The molecule has 1 aliphatic heterocycles. The molecule has 0 spiro atoms. The molecule has 132 valence electrons. The van der Waals surface area contributed by atoms with Crippen molar-refractivity contribution in [2.24, 2.45) is 0 Å². The smallest absolute Gasteiger partial charge is 0.466 e. The van der Waals surface area contributed by atoms with Crippen LogP contribution < -0.4 is 10.2 Å². The third-order valence-electron chi connectivity index (χ3n) is 3.87. The molecule has 0 saturated heterocycles. The van der Waals surface area contributed by atoms with Gasteiger partial charge in [-0.3, -0.25) is 9.78 Å². The van der Waals surface area contributed by atoms with Gasteiger partial charge in [-0.15, -0.1) is 0 Å². The van der Waals surface area contributed by atoms with Gasteiger partial charge in [0.1, 0.15) is 11.9 Å². The molecule has 0 fully saturated rings. The first-order chi connectivity index (χ1) is 12.5. The van der Waals surface area contributed by atoms with Crippen molar-refractivity contribution in [3.8, 4) is 11.6 Å². The van der Waals surface area contributed by atoms with Crippen LogP contribution in [0.2, 0.25) is 0 Å². The molecular weight excluding hydrogens is 337 g/mol. The topological polar surface area (TPSA) is 95.1 Å². The molecular formula is C17H16BN3O5. The lowest BCUT2D eigenvalue weighted by atomic mass is 9.77. The van der Waals surface area contributed by atoms with Crippen molar-refractivity contribution >= 4 is 24.4 Å². The van der Waals surface area contributed by atoms with E-state index in [1.165, 1.54) is 12.4 Å². The molecule has 1 aromatic heterocycles. The second kappa shape index (κ2) is 7.51. The summed E-state index contributed by atoms with van der Waals surface area (Å²) in [7, 11) is -1.16. The molecule has 0 aliphatic carbocycles. The molecule has 1 aromatic carbocycles. The molecule has 2 heterocycles. The number of benzene rings is 1. The third-order valence-corrected chi connectivity index (χ3v) is 3.87. The molecule has 0 bridgehead atoms. The zero-order chi connectivity index (χ0) is 18.7. The Kier molecular flexibility index (Phi) is 5.16. The molecule has 0 amide bonds. The highest BCUT2D eigenvalue weighted by molar-refractivity contribution is 6.62. The maximum atomic E-state index is 11.7. The molecule has 1 unspecified atom stereocenters. The molecule has 9 heteroatoms. The molecule has 0 radical (unpaired) electrons. The summed E-state index contributed by atoms with van der Waals surface area (Å²) in [6.45, 7) is 10.8. The Morgan fingerprint density at radius 1 is 1.46 bits per heavy atom. The first kappa shape index (κ1) is 17.9. The Labute approximate surface area is 150 Å². The lowest BCUT2D eigenvalue weighted by molar-refractivity contribution is -0.145. The first-order valence-corrected chi connectivity index (χ1v) is 8.02. The summed E-state index contributed by atoms with van der Waals surface area (Å²) in [4.78, 5) is 22.9. The Balaban J connectivity index is 1.86. The predicted octanol–water partition coefficient (Wildman–Crippen LogP) is 1.84. The number of fused-ring (bicyclic) bond motifs is 1. The van der Waals surface area contributed by atoms with E-state index < -0.39 is 13.2 Å². The van der Waals surface area contributed by atoms with Gasteiger partial charge in [0.25, 0.3) is 5.82 Å². The van der Waals surface area contributed by atoms with Crippen LogP contribution in [0.15, 0.2) is 24.5 Å².